The highest BCUT2D eigenvalue weighted by Gasteiger charge is 2.58. The van der Waals surface area contributed by atoms with E-state index in [1.54, 1.807) is 14.2 Å². The minimum absolute atomic E-state index is 0.253. The molecule has 0 saturated carbocycles. The Labute approximate surface area is 140 Å². The summed E-state index contributed by atoms with van der Waals surface area (Å²) in [6.07, 6.45) is 3.73. The van der Waals surface area contributed by atoms with E-state index in [4.69, 9.17) is 18.8 Å². The van der Waals surface area contributed by atoms with Crippen molar-refractivity contribution in [2.24, 2.45) is 0 Å². The van der Waals surface area contributed by atoms with Crippen LogP contribution in [0.1, 0.15) is 53.4 Å². The predicted octanol–water partition coefficient (Wildman–Crippen LogP) is 3.56. The van der Waals surface area contributed by atoms with Crippen molar-refractivity contribution in [2.45, 2.75) is 64.6 Å². The van der Waals surface area contributed by atoms with Gasteiger partial charge in [0.05, 0.1) is 25.4 Å². The minimum Gasteiger partial charge on any atom is -0.497 e. The molecule has 1 aromatic rings. The fourth-order valence-electron chi connectivity index (χ4n) is 3.87. The zero-order chi connectivity index (χ0) is 17.1. The van der Waals surface area contributed by atoms with Gasteiger partial charge in [0.1, 0.15) is 11.5 Å². The Morgan fingerprint density at radius 1 is 0.783 bits per heavy atom. The summed E-state index contributed by atoms with van der Waals surface area (Å²) in [5, 5.41) is 0. The van der Waals surface area contributed by atoms with Crippen LogP contribution in [0.15, 0.2) is 18.2 Å². The summed E-state index contributed by atoms with van der Waals surface area (Å²) in [5.74, 6) is 1.49. The SMILES string of the molecule is CCC1(CC)OB(c2cc(OC)cc(OC)c2)OC1(CC)CC. The lowest BCUT2D eigenvalue weighted by Gasteiger charge is -2.42. The van der Waals surface area contributed by atoms with Gasteiger partial charge in [-0.3, -0.25) is 0 Å². The highest BCUT2D eigenvalue weighted by atomic mass is 16.7. The van der Waals surface area contributed by atoms with Gasteiger partial charge in [-0.15, -0.1) is 0 Å². The van der Waals surface area contributed by atoms with E-state index in [1.807, 2.05) is 18.2 Å². The fourth-order valence-corrected chi connectivity index (χ4v) is 3.87. The molecule has 1 aliphatic heterocycles. The fraction of sp³-hybridized carbons (Fsp3) is 0.667. The van der Waals surface area contributed by atoms with Crippen molar-refractivity contribution in [3.63, 3.8) is 0 Å². The molecule has 0 spiro atoms. The van der Waals surface area contributed by atoms with Crippen LogP contribution in [0.5, 0.6) is 11.5 Å². The van der Waals surface area contributed by atoms with Gasteiger partial charge in [-0.05, 0) is 43.3 Å². The summed E-state index contributed by atoms with van der Waals surface area (Å²) in [6.45, 7) is 8.73. The molecule has 0 atom stereocenters. The smallest absolute Gasteiger partial charge is 0.495 e. The molecule has 0 N–H and O–H groups in total. The predicted molar refractivity (Wildman–Crippen MR) is 93.7 cm³/mol. The Morgan fingerprint density at radius 2 is 1.17 bits per heavy atom. The summed E-state index contributed by atoms with van der Waals surface area (Å²) < 4.78 is 23.7. The second-order valence-corrected chi connectivity index (χ2v) is 6.12. The van der Waals surface area contributed by atoms with Crippen LogP contribution in [0.3, 0.4) is 0 Å². The third-order valence-corrected chi connectivity index (χ3v) is 5.43. The molecule has 1 fully saturated rings. The maximum absolute atomic E-state index is 6.50. The van der Waals surface area contributed by atoms with Crippen molar-refractivity contribution in [3.8, 4) is 11.5 Å². The lowest BCUT2D eigenvalue weighted by atomic mass is 9.75. The first-order chi connectivity index (χ1) is 11.0. The molecule has 1 heterocycles. The number of benzene rings is 1. The van der Waals surface area contributed by atoms with E-state index in [0.29, 0.717) is 0 Å². The molecule has 1 aromatic carbocycles. The zero-order valence-electron chi connectivity index (χ0n) is 15.3. The van der Waals surface area contributed by atoms with Crippen molar-refractivity contribution in [2.75, 3.05) is 14.2 Å². The van der Waals surface area contributed by atoms with Crippen LogP contribution in [-0.4, -0.2) is 32.5 Å². The topological polar surface area (TPSA) is 36.9 Å². The van der Waals surface area contributed by atoms with Crippen molar-refractivity contribution in [1.82, 2.24) is 0 Å². The first-order valence-corrected chi connectivity index (χ1v) is 8.62. The van der Waals surface area contributed by atoms with Gasteiger partial charge in [-0.2, -0.15) is 0 Å². The van der Waals surface area contributed by atoms with Crippen LogP contribution in [0.25, 0.3) is 0 Å². The second-order valence-electron chi connectivity index (χ2n) is 6.12. The highest BCUT2D eigenvalue weighted by Crippen LogP contribution is 2.46. The zero-order valence-corrected chi connectivity index (χ0v) is 15.3. The summed E-state index contributed by atoms with van der Waals surface area (Å²) in [7, 11) is 2.91. The van der Waals surface area contributed by atoms with Crippen molar-refractivity contribution in [3.05, 3.63) is 18.2 Å². The number of hydrogen-bond donors (Lipinski definition) is 0. The van der Waals surface area contributed by atoms with E-state index in [0.717, 1.165) is 42.6 Å². The van der Waals surface area contributed by atoms with E-state index >= 15 is 0 Å². The average molecular weight is 320 g/mol. The molecule has 0 aliphatic carbocycles. The largest absolute Gasteiger partial charge is 0.497 e. The van der Waals surface area contributed by atoms with Gasteiger partial charge >= 0.3 is 7.12 Å². The molecule has 128 valence electrons. The Balaban J connectivity index is 2.43. The van der Waals surface area contributed by atoms with Gasteiger partial charge in [0.2, 0.25) is 0 Å². The van der Waals surface area contributed by atoms with Gasteiger partial charge in [0.15, 0.2) is 0 Å². The van der Waals surface area contributed by atoms with Crippen molar-refractivity contribution < 1.29 is 18.8 Å². The molecule has 0 aromatic heterocycles. The van der Waals surface area contributed by atoms with Crippen LogP contribution in [0, 0.1) is 0 Å². The molecule has 0 radical (unpaired) electrons. The number of methoxy groups -OCH3 is 2. The van der Waals surface area contributed by atoms with Gasteiger partial charge in [0.25, 0.3) is 0 Å². The van der Waals surface area contributed by atoms with Crippen LogP contribution in [0.2, 0.25) is 0 Å². The Bertz CT molecular complexity index is 482. The molecule has 1 aliphatic rings. The van der Waals surface area contributed by atoms with Crippen molar-refractivity contribution >= 4 is 12.6 Å². The second kappa shape index (κ2) is 7.14. The van der Waals surface area contributed by atoms with Crippen LogP contribution >= 0.6 is 0 Å². The van der Waals surface area contributed by atoms with E-state index < -0.39 is 7.12 Å². The van der Waals surface area contributed by atoms with Gasteiger partial charge < -0.3 is 18.8 Å². The first kappa shape index (κ1) is 18.1. The van der Waals surface area contributed by atoms with E-state index in [-0.39, 0.29) is 11.2 Å². The average Bonchev–Trinajstić information content (AvgIpc) is 2.96. The van der Waals surface area contributed by atoms with Gasteiger partial charge in [0, 0.05) is 6.07 Å². The molecule has 5 heteroatoms. The van der Waals surface area contributed by atoms with Crippen LogP contribution in [-0.2, 0) is 9.31 Å². The standard InChI is InChI=1S/C18H29BO4/c1-7-17(8-2)18(9-3,10-4)23-19(22-17)14-11-15(20-5)13-16(12-14)21-6/h11-13H,7-10H2,1-6H3. The summed E-state index contributed by atoms with van der Waals surface area (Å²) >= 11 is 0. The van der Waals surface area contributed by atoms with Crippen LogP contribution in [0.4, 0.5) is 0 Å². The molecular weight excluding hydrogens is 291 g/mol. The number of rotatable bonds is 7. The molecular formula is C18H29BO4. The number of ether oxygens (including phenoxy) is 2. The maximum atomic E-state index is 6.50. The quantitative estimate of drug-likeness (QED) is 0.720. The number of hydrogen-bond acceptors (Lipinski definition) is 4. The van der Waals surface area contributed by atoms with Crippen LogP contribution < -0.4 is 14.9 Å². The molecule has 0 unspecified atom stereocenters. The lowest BCUT2D eigenvalue weighted by Crippen LogP contribution is -2.50. The highest BCUT2D eigenvalue weighted by molar-refractivity contribution is 6.62. The Morgan fingerprint density at radius 3 is 1.48 bits per heavy atom. The van der Waals surface area contributed by atoms with E-state index in [1.165, 1.54) is 0 Å². The Kier molecular flexibility index (Phi) is 5.63. The normalized spacial score (nSPS) is 19.0. The summed E-state index contributed by atoms with van der Waals surface area (Å²) in [5.41, 5.74) is 0.436. The minimum atomic E-state index is -0.390. The molecule has 4 nitrogen and oxygen atoms in total. The third-order valence-electron chi connectivity index (χ3n) is 5.43. The van der Waals surface area contributed by atoms with Crippen molar-refractivity contribution in [1.29, 1.82) is 0 Å². The third kappa shape index (κ3) is 2.97. The molecule has 2 rings (SSSR count). The molecule has 1 saturated heterocycles. The summed E-state index contributed by atoms with van der Waals surface area (Å²) in [6, 6.07) is 5.79. The molecule has 0 amide bonds. The molecule has 0 bridgehead atoms. The Hall–Kier alpha value is -1.20. The van der Waals surface area contributed by atoms with E-state index in [2.05, 4.69) is 27.7 Å². The van der Waals surface area contributed by atoms with Gasteiger partial charge in [-0.25, -0.2) is 0 Å². The lowest BCUT2D eigenvalue weighted by molar-refractivity contribution is -0.0601. The summed E-state index contributed by atoms with van der Waals surface area (Å²) in [4.78, 5) is 0. The maximum Gasteiger partial charge on any atom is 0.495 e. The van der Waals surface area contributed by atoms with E-state index in [9.17, 15) is 0 Å². The monoisotopic (exact) mass is 320 g/mol. The van der Waals surface area contributed by atoms with Gasteiger partial charge in [-0.1, -0.05) is 27.7 Å². The first-order valence-electron chi connectivity index (χ1n) is 8.62. The molecule has 23 heavy (non-hydrogen) atoms.